The van der Waals surface area contributed by atoms with Crippen molar-refractivity contribution in [2.75, 3.05) is 20.8 Å². The molecule has 0 atom stereocenters. The Kier molecular flexibility index (Phi) is 13.6. The molecule has 0 rings (SSSR count). The fourth-order valence-corrected chi connectivity index (χ4v) is 2.03. The molecule has 0 fully saturated rings. The average Bonchev–Trinajstić information content (AvgIpc) is 2.39. The Morgan fingerprint density at radius 3 is 2.11 bits per heavy atom. The van der Waals surface area contributed by atoms with Gasteiger partial charge >= 0.3 is 21.2 Å². The number of aliphatic carboxylic acids is 1. The van der Waals surface area contributed by atoms with Gasteiger partial charge in [0.15, 0.2) is 0 Å². The predicted molar refractivity (Wildman–Crippen MR) is 74.2 cm³/mol. The first kappa shape index (κ1) is 19.9. The highest BCUT2D eigenvalue weighted by Gasteiger charge is 2.09. The standard InChI is InChI=1S/C9H18O4Si.C3H4O2/c1-8(2)9(10)13-6-5-7-14(11-3)12-4;1-2-3(4)5/h14H,1,5-7H2,2-4H3;2H,1H2,(H,4,5). The third-order valence-electron chi connectivity index (χ3n) is 1.87. The van der Waals surface area contributed by atoms with Crippen LogP contribution in [0.15, 0.2) is 24.8 Å². The maximum Gasteiger partial charge on any atom is 0.333 e. The number of carbonyl (C=O) groups excluding carboxylic acids is 1. The highest BCUT2D eigenvalue weighted by molar-refractivity contribution is 6.44. The van der Waals surface area contributed by atoms with Gasteiger partial charge in [0.05, 0.1) is 6.61 Å². The van der Waals surface area contributed by atoms with E-state index in [0.29, 0.717) is 12.2 Å². The molecule has 0 aromatic carbocycles. The first-order valence-corrected chi connectivity index (χ1v) is 7.38. The second-order valence-electron chi connectivity index (χ2n) is 3.50. The van der Waals surface area contributed by atoms with E-state index in [-0.39, 0.29) is 5.97 Å². The second kappa shape index (κ2) is 13.0. The summed E-state index contributed by atoms with van der Waals surface area (Å²) >= 11 is 0. The van der Waals surface area contributed by atoms with E-state index < -0.39 is 15.3 Å². The van der Waals surface area contributed by atoms with E-state index in [4.69, 9.17) is 18.7 Å². The maximum atomic E-state index is 11.0. The highest BCUT2D eigenvalue weighted by Crippen LogP contribution is 2.01. The Balaban J connectivity index is 0. The van der Waals surface area contributed by atoms with Crippen LogP contribution >= 0.6 is 0 Å². The molecule has 0 aliphatic rings. The van der Waals surface area contributed by atoms with E-state index in [1.165, 1.54) is 0 Å². The van der Waals surface area contributed by atoms with E-state index in [1.54, 1.807) is 21.1 Å². The van der Waals surface area contributed by atoms with Gasteiger partial charge in [0.1, 0.15) is 0 Å². The van der Waals surface area contributed by atoms with Crippen molar-refractivity contribution in [2.24, 2.45) is 0 Å². The molecule has 0 saturated carbocycles. The quantitative estimate of drug-likeness (QED) is 0.314. The average molecular weight is 290 g/mol. The SMILES string of the molecule is C=C(C)C(=O)OCCC[SiH](OC)OC.C=CC(=O)O. The van der Waals surface area contributed by atoms with E-state index in [2.05, 4.69) is 13.2 Å². The number of esters is 1. The zero-order valence-electron chi connectivity index (χ0n) is 11.7. The first-order chi connectivity index (χ1) is 8.88. The van der Waals surface area contributed by atoms with Crippen molar-refractivity contribution in [3.05, 3.63) is 24.8 Å². The smallest absolute Gasteiger partial charge is 0.333 e. The van der Waals surface area contributed by atoms with Gasteiger partial charge < -0.3 is 18.7 Å². The number of hydrogen-bond donors (Lipinski definition) is 1. The zero-order chi connectivity index (χ0) is 15.3. The summed E-state index contributed by atoms with van der Waals surface area (Å²) in [6.07, 6.45) is 1.61. The number of ether oxygens (including phenoxy) is 1. The molecule has 110 valence electrons. The van der Waals surface area contributed by atoms with Gasteiger partial charge in [-0.05, 0) is 19.4 Å². The lowest BCUT2D eigenvalue weighted by molar-refractivity contribution is -0.139. The number of carbonyl (C=O) groups is 2. The van der Waals surface area contributed by atoms with Crippen LogP contribution in [0.25, 0.3) is 0 Å². The lowest BCUT2D eigenvalue weighted by Gasteiger charge is -2.10. The van der Waals surface area contributed by atoms with E-state index in [0.717, 1.165) is 18.5 Å². The maximum absolute atomic E-state index is 11.0. The summed E-state index contributed by atoms with van der Waals surface area (Å²) in [4.78, 5) is 20.2. The first-order valence-electron chi connectivity index (χ1n) is 5.62. The molecule has 0 amide bonds. The normalized spacial score (nSPS) is 9.26. The van der Waals surface area contributed by atoms with Gasteiger partial charge in [-0.3, -0.25) is 0 Å². The molecule has 0 radical (unpaired) electrons. The van der Waals surface area contributed by atoms with Gasteiger partial charge in [-0.15, -0.1) is 0 Å². The summed E-state index contributed by atoms with van der Waals surface area (Å²) in [6, 6.07) is 0.844. The minimum atomic E-state index is -1.49. The van der Waals surface area contributed by atoms with Gasteiger partial charge in [-0.1, -0.05) is 13.2 Å². The molecule has 1 N–H and O–H groups in total. The Morgan fingerprint density at radius 1 is 1.32 bits per heavy atom. The highest BCUT2D eigenvalue weighted by atomic mass is 28.3. The summed E-state index contributed by atoms with van der Waals surface area (Å²) < 4.78 is 15.1. The fourth-order valence-electron chi connectivity index (χ4n) is 0.870. The van der Waals surface area contributed by atoms with Crippen molar-refractivity contribution in [2.45, 2.75) is 19.4 Å². The molecule has 0 heterocycles. The monoisotopic (exact) mass is 290 g/mol. The lowest BCUT2D eigenvalue weighted by Crippen LogP contribution is -2.19. The Morgan fingerprint density at radius 2 is 1.79 bits per heavy atom. The Labute approximate surface area is 115 Å². The third kappa shape index (κ3) is 14.5. The number of carboxylic acid groups (broad SMARTS) is 1. The Hall–Kier alpha value is -1.44. The second-order valence-corrected chi connectivity index (χ2v) is 5.88. The molecule has 7 heteroatoms. The van der Waals surface area contributed by atoms with Gasteiger partial charge in [-0.2, -0.15) is 0 Å². The molecule has 0 aliphatic heterocycles. The fraction of sp³-hybridized carbons (Fsp3) is 0.500. The van der Waals surface area contributed by atoms with Crippen LogP contribution in [0.3, 0.4) is 0 Å². The molecular weight excluding hydrogens is 268 g/mol. The van der Waals surface area contributed by atoms with Gasteiger partial charge in [0.25, 0.3) is 0 Å². The Bertz CT molecular complexity index is 299. The van der Waals surface area contributed by atoms with Crippen LogP contribution in [0.1, 0.15) is 13.3 Å². The van der Waals surface area contributed by atoms with Crippen molar-refractivity contribution in [3.8, 4) is 0 Å². The number of carboxylic acids is 1. The van der Waals surface area contributed by atoms with Crippen LogP contribution in [-0.4, -0.2) is 47.2 Å². The molecule has 19 heavy (non-hydrogen) atoms. The molecule has 0 aliphatic carbocycles. The summed E-state index contributed by atoms with van der Waals surface area (Å²) in [5.74, 6) is -1.32. The summed E-state index contributed by atoms with van der Waals surface area (Å²) in [7, 11) is 1.78. The zero-order valence-corrected chi connectivity index (χ0v) is 12.8. The molecule has 0 saturated heterocycles. The van der Waals surface area contributed by atoms with Crippen LogP contribution in [0.2, 0.25) is 6.04 Å². The molecule has 0 unspecified atom stereocenters. The summed E-state index contributed by atoms with van der Waals surface area (Å²) in [5.41, 5.74) is 0.428. The molecule has 0 aromatic rings. The van der Waals surface area contributed by atoms with E-state index in [9.17, 15) is 9.59 Å². The van der Waals surface area contributed by atoms with Gasteiger partial charge in [-0.25, -0.2) is 9.59 Å². The number of rotatable bonds is 8. The minimum Gasteiger partial charge on any atom is -0.478 e. The predicted octanol–water partition coefficient (Wildman–Crippen LogP) is 1.27. The molecule has 0 aromatic heterocycles. The van der Waals surface area contributed by atoms with Crippen molar-refractivity contribution >= 4 is 21.2 Å². The largest absolute Gasteiger partial charge is 0.478 e. The van der Waals surface area contributed by atoms with E-state index >= 15 is 0 Å². The number of hydrogen-bond acceptors (Lipinski definition) is 5. The summed E-state index contributed by atoms with van der Waals surface area (Å²) in [6.45, 7) is 8.48. The van der Waals surface area contributed by atoms with Crippen LogP contribution in [0.4, 0.5) is 0 Å². The summed E-state index contributed by atoms with van der Waals surface area (Å²) in [5, 5.41) is 7.60. The van der Waals surface area contributed by atoms with Crippen LogP contribution in [0, 0.1) is 0 Å². The third-order valence-corrected chi connectivity index (χ3v) is 3.80. The van der Waals surface area contributed by atoms with Crippen molar-refractivity contribution < 1.29 is 28.3 Å². The van der Waals surface area contributed by atoms with Gasteiger partial charge in [0, 0.05) is 25.9 Å². The molecule has 0 bridgehead atoms. The molecular formula is C12H22O6Si. The molecule has 6 nitrogen and oxygen atoms in total. The van der Waals surface area contributed by atoms with Crippen LogP contribution in [0.5, 0.6) is 0 Å². The molecule has 0 spiro atoms. The van der Waals surface area contributed by atoms with Crippen molar-refractivity contribution in [1.29, 1.82) is 0 Å². The topological polar surface area (TPSA) is 82.1 Å². The van der Waals surface area contributed by atoms with Gasteiger partial charge in [0.2, 0.25) is 0 Å². The van der Waals surface area contributed by atoms with Crippen molar-refractivity contribution in [3.63, 3.8) is 0 Å². The minimum absolute atomic E-state index is 0.335. The lowest BCUT2D eigenvalue weighted by atomic mass is 10.4. The van der Waals surface area contributed by atoms with Crippen molar-refractivity contribution in [1.82, 2.24) is 0 Å². The van der Waals surface area contributed by atoms with E-state index in [1.807, 2.05) is 0 Å². The van der Waals surface area contributed by atoms with Crippen LogP contribution < -0.4 is 0 Å². The van der Waals surface area contributed by atoms with Crippen LogP contribution in [-0.2, 0) is 23.2 Å².